The predicted molar refractivity (Wildman–Crippen MR) is 48.6 cm³/mol. The molecule has 0 saturated carbocycles. The monoisotopic (exact) mass is 265 g/mol. The zero-order chi connectivity index (χ0) is 8.27. The summed E-state index contributed by atoms with van der Waals surface area (Å²) in [6.45, 7) is -0.0946. The van der Waals surface area contributed by atoms with Crippen LogP contribution in [-0.2, 0) is 6.54 Å². The van der Waals surface area contributed by atoms with E-state index in [2.05, 4.69) is 27.8 Å². The summed E-state index contributed by atoms with van der Waals surface area (Å²) in [5.41, 5.74) is 0.354. The van der Waals surface area contributed by atoms with Crippen LogP contribution in [0.5, 0.6) is 0 Å². The Hall–Kier alpha value is -0.520. The number of halogens is 2. The number of hydrogen-bond donors (Lipinski definition) is 0. The van der Waals surface area contributed by atoms with Crippen molar-refractivity contribution >= 4 is 22.6 Å². The standard InChI is InChI=1S/C7H5FINO/c8-7-2-1-6(9)3-5(7)4-10-11/h1-3H,4H2. The number of benzene rings is 1. The van der Waals surface area contributed by atoms with Crippen LogP contribution in [-0.4, -0.2) is 0 Å². The second-order valence-electron chi connectivity index (χ2n) is 2.02. The molecule has 0 aliphatic rings. The lowest BCUT2D eigenvalue weighted by Crippen LogP contribution is -1.88. The van der Waals surface area contributed by atoms with Crippen molar-refractivity contribution in [1.29, 1.82) is 0 Å². The van der Waals surface area contributed by atoms with Gasteiger partial charge in [-0.1, -0.05) is 5.18 Å². The molecule has 0 unspecified atom stereocenters. The fraction of sp³-hybridized carbons (Fsp3) is 0.143. The van der Waals surface area contributed by atoms with E-state index in [1.54, 1.807) is 12.1 Å². The van der Waals surface area contributed by atoms with E-state index in [0.717, 1.165) is 3.57 Å². The highest BCUT2D eigenvalue weighted by Gasteiger charge is 2.01. The minimum atomic E-state index is -0.370. The molecule has 0 N–H and O–H groups in total. The molecule has 0 atom stereocenters. The Morgan fingerprint density at radius 3 is 2.91 bits per heavy atom. The molecule has 4 heteroatoms. The van der Waals surface area contributed by atoms with E-state index in [-0.39, 0.29) is 12.4 Å². The smallest absolute Gasteiger partial charge is 0.128 e. The Balaban J connectivity index is 3.01. The van der Waals surface area contributed by atoms with Gasteiger partial charge in [0.15, 0.2) is 0 Å². The molecule has 1 rings (SSSR count). The highest BCUT2D eigenvalue weighted by Crippen LogP contribution is 2.12. The van der Waals surface area contributed by atoms with E-state index in [0.29, 0.717) is 5.56 Å². The minimum Gasteiger partial charge on any atom is -0.207 e. The normalized spacial score (nSPS) is 9.64. The van der Waals surface area contributed by atoms with Crippen molar-refractivity contribution in [3.8, 4) is 0 Å². The van der Waals surface area contributed by atoms with Crippen molar-refractivity contribution in [1.82, 2.24) is 0 Å². The lowest BCUT2D eigenvalue weighted by molar-refractivity contribution is 0.610. The Bertz CT molecular complexity index is 277. The summed E-state index contributed by atoms with van der Waals surface area (Å²) in [6.07, 6.45) is 0. The van der Waals surface area contributed by atoms with Gasteiger partial charge in [0.25, 0.3) is 0 Å². The second kappa shape index (κ2) is 3.75. The quantitative estimate of drug-likeness (QED) is 0.597. The van der Waals surface area contributed by atoms with E-state index in [1.165, 1.54) is 6.07 Å². The van der Waals surface area contributed by atoms with Gasteiger partial charge >= 0.3 is 0 Å². The van der Waals surface area contributed by atoms with Crippen LogP contribution in [0.4, 0.5) is 4.39 Å². The Labute approximate surface area is 76.9 Å². The zero-order valence-electron chi connectivity index (χ0n) is 5.55. The zero-order valence-corrected chi connectivity index (χ0v) is 7.71. The highest BCUT2D eigenvalue weighted by molar-refractivity contribution is 14.1. The molecule has 1 aromatic carbocycles. The average molecular weight is 265 g/mol. The second-order valence-corrected chi connectivity index (χ2v) is 3.27. The van der Waals surface area contributed by atoms with Gasteiger partial charge in [0, 0.05) is 9.13 Å². The molecule has 0 bridgehead atoms. The molecular weight excluding hydrogens is 260 g/mol. The Morgan fingerprint density at radius 1 is 1.55 bits per heavy atom. The third-order valence-electron chi connectivity index (χ3n) is 1.24. The van der Waals surface area contributed by atoms with Gasteiger partial charge in [-0.2, -0.15) is 4.91 Å². The third-order valence-corrected chi connectivity index (χ3v) is 1.91. The summed E-state index contributed by atoms with van der Waals surface area (Å²) in [4.78, 5) is 9.82. The lowest BCUT2D eigenvalue weighted by Gasteiger charge is -1.96. The summed E-state index contributed by atoms with van der Waals surface area (Å²) < 4.78 is 13.7. The number of hydrogen-bond acceptors (Lipinski definition) is 2. The molecule has 0 aliphatic heterocycles. The third kappa shape index (κ3) is 2.21. The fourth-order valence-corrected chi connectivity index (χ4v) is 1.29. The Morgan fingerprint density at radius 2 is 2.27 bits per heavy atom. The summed E-state index contributed by atoms with van der Waals surface area (Å²) in [5.74, 6) is -0.370. The minimum absolute atomic E-state index is 0.0946. The van der Waals surface area contributed by atoms with Gasteiger partial charge in [-0.15, -0.1) is 0 Å². The topological polar surface area (TPSA) is 29.4 Å². The first-order chi connectivity index (χ1) is 5.24. The first kappa shape index (κ1) is 8.58. The maximum absolute atomic E-state index is 12.8. The van der Waals surface area contributed by atoms with Crippen LogP contribution in [0.3, 0.4) is 0 Å². The van der Waals surface area contributed by atoms with E-state index in [4.69, 9.17) is 0 Å². The molecule has 0 amide bonds. The number of nitrogens with zero attached hydrogens (tertiary/aromatic N) is 1. The van der Waals surface area contributed by atoms with Crippen molar-refractivity contribution in [3.05, 3.63) is 38.1 Å². The van der Waals surface area contributed by atoms with Gasteiger partial charge in [0.05, 0.1) is 0 Å². The first-order valence-corrected chi connectivity index (χ1v) is 4.05. The van der Waals surface area contributed by atoms with E-state index < -0.39 is 0 Å². The first-order valence-electron chi connectivity index (χ1n) is 2.97. The summed E-state index contributed by atoms with van der Waals surface area (Å²) in [5, 5.41) is 2.61. The molecular formula is C7H5FINO. The number of nitroso groups, excluding NO2 is 1. The van der Waals surface area contributed by atoms with Crippen molar-refractivity contribution in [3.63, 3.8) is 0 Å². The van der Waals surface area contributed by atoms with Crippen LogP contribution in [0.25, 0.3) is 0 Å². The van der Waals surface area contributed by atoms with E-state index in [9.17, 15) is 9.30 Å². The van der Waals surface area contributed by atoms with Crippen molar-refractivity contribution in [2.45, 2.75) is 6.54 Å². The molecule has 1 aromatic rings. The molecule has 0 heterocycles. The van der Waals surface area contributed by atoms with Gasteiger partial charge in [0.1, 0.15) is 12.4 Å². The molecule has 2 nitrogen and oxygen atoms in total. The number of rotatable bonds is 2. The summed E-state index contributed by atoms with van der Waals surface area (Å²) in [7, 11) is 0. The SMILES string of the molecule is O=NCc1cc(I)ccc1F. The van der Waals surface area contributed by atoms with E-state index >= 15 is 0 Å². The molecule has 58 valence electrons. The van der Waals surface area contributed by atoms with Crippen molar-refractivity contribution in [2.24, 2.45) is 5.18 Å². The largest absolute Gasteiger partial charge is 0.207 e. The van der Waals surface area contributed by atoms with Crippen LogP contribution in [0.2, 0.25) is 0 Å². The molecule has 0 fully saturated rings. The van der Waals surface area contributed by atoms with Gasteiger partial charge < -0.3 is 0 Å². The van der Waals surface area contributed by atoms with Gasteiger partial charge in [-0.3, -0.25) is 0 Å². The van der Waals surface area contributed by atoms with E-state index in [1.807, 2.05) is 0 Å². The highest BCUT2D eigenvalue weighted by atomic mass is 127. The van der Waals surface area contributed by atoms with Crippen LogP contribution >= 0.6 is 22.6 Å². The molecule has 0 saturated heterocycles. The van der Waals surface area contributed by atoms with Gasteiger partial charge in [0.2, 0.25) is 0 Å². The average Bonchev–Trinajstić information content (AvgIpc) is 1.98. The van der Waals surface area contributed by atoms with Crippen molar-refractivity contribution < 1.29 is 4.39 Å². The fourth-order valence-electron chi connectivity index (χ4n) is 0.734. The van der Waals surface area contributed by atoms with Crippen molar-refractivity contribution in [2.75, 3.05) is 0 Å². The molecule has 0 spiro atoms. The molecule has 0 aromatic heterocycles. The van der Waals surface area contributed by atoms with Crippen LogP contribution < -0.4 is 0 Å². The lowest BCUT2D eigenvalue weighted by atomic mass is 10.2. The predicted octanol–water partition coefficient (Wildman–Crippen LogP) is 2.70. The maximum Gasteiger partial charge on any atom is 0.128 e. The maximum atomic E-state index is 12.8. The van der Waals surface area contributed by atoms with Crippen LogP contribution in [0.1, 0.15) is 5.56 Å². The van der Waals surface area contributed by atoms with Gasteiger partial charge in [-0.05, 0) is 40.8 Å². The summed E-state index contributed by atoms with van der Waals surface area (Å²) in [6, 6.07) is 4.59. The van der Waals surface area contributed by atoms with Crippen LogP contribution in [0, 0.1) is 14.3 Å². The van der Waals surface area contributed by atoms with Gasteiger partial charge in [-0.25, -0.2) is 4.39 Å². The molecule has 0 aliphatic carbocycles. The molecule has 11 heavy (non-hydrogen) atoms. The Kier molecular flexibility index (Phi) is 2.92. The summed E-state index contributed by atoms with van der Waals surface area (Å²) >= 11 is 2.05. The molecule has 0 radical (unpaired) electrons. The van der Waals surface area contributed by atoms with Crippen LogP contribution in [0.15, 0.2) is 23.4 Å².